The smallest absolute Gasteiger partial charge is 0.313 e. The van der Waals surface area contributed by atoms with E-state index in [-0.39, 0.29) is 12.8 Å². The molecule has 0 aromatic heterocycles. The monoisotopic (exact) mass is 411 g/mol. The van der Waals surface area contributed by atoms with Crippen LogP contribution in [0.3, 0.4) is 0 Å². The molecule has 2 aliphatic rings. The van der Waals surface area contributed by atoms with Crippen LogP contribution in [0.1, 0.15) is 17.2 Å². The van der Waals surface area contributed by atoms with E-state index in [1.165, 1.54) is 0 Å². The number of ether oxygens (including phenoxy) is 3. The molecule has 2 aromatic carbocycles. The fourth-order valence-electron chi connectivity index (χ4n) is 3.65. The lowest BCUT2D eigenvalue weighted by Gasteiger charge is -2.34. The van der Waals surface area contributed by atoms with Gasteiger partial charge in [-0.1, -0.05) is 18.2 Å². The summed E-state index contributed by atoms with van der Waals surface area (Å²) in [7, 11) is 0. The minimum atomic E-state index is -0.688. The Morgan fingerprint density at radius 3 is 2.63 bits per heavy atom. The molecule has 2 amide bonds. The van der Waals surface area contributed by atoms with Crippen LogP contribution in [0.4, 0.5) is 5.69 Å². The number of hydrogen-bond acceptors (Lipinski definition) is 6. The Hall–Kier alpha value is -3.10. The van der Waals surface area contributed by atoms with E-state index in [0.29, 0.717) is 36.9 Å². The normalized spacial score (nSPS) is 16.7. The van der Waals surface area contributed by atoms with Crippen molar-refractivity contribution in [1.82, 2.24) is 10.2 Å². The summed E-state index contributed by atoms with van der Waals surface area (Å²) in [6.07, 6.45) is 0. The van der Waals surface area contributed by atoms with E-state index in [2.05, 4.69) is 15.5 Å². The van der Waals surface area contributed by atoms with Crippen molar-refractivity contribution in [2.24, 2.45) is 0 Å². The molecule has 0 radical (unpaired) electrons. The van der Waals surface area contributed by atoms with Crippen LogP contribution in [-0.4, -0.2) is 56.4 Å². The average molecular weight is 411 g/mol. The van der Waals surface area contributed by atoms with Gasteiger partial charge in [0.15, 0.2) is 11.5 Å². The van der Waals surface area contributed by atoms with E-state index in [0.717, 1.165) is 24.2 Å². The van der Waals surface area contributed by atoms with Gasteiger partial charge in [0.25, 0.3) is 0 Å². The summed E-state index contributed by atoms with van der Waals surface area (Å²) >= 11 is 0. The molecule has 4 rings (SSSR count). The Kier molecular flexibility index (Phi) is 6.15. The van der Waals surface area contributed by atoms with Crippen molar-refractivity contribution in [3.63, 3.8) is 0 Å². The van der Waals surface area contributed by atoms with Crippen LogP contribution in [-0.2, 0) is 14.3 Å². The Balaban J connectivity index is 1.43. The molecule has 8 heteroatoms. The Bertz CT molecular complexity index is 927. The van der Waals surface area contributed by atoms with Gasteiger partial charge in [0.05, 0.1) is 19.3 Å². The number of aryl methyl sites for hydroxylation is 1. The summed E-state index contributed by atoms with van der Waals surface area (Å²) in [6, 6.07) is 13.0. The van der Waals surface area contributed by atoms with E-state index in [4.69, 9.17) is 14.2 Å². The molecule has 1 saturated heterocycles. The molecule has 158 valence electrons. The SMILES string of the molecule is Cc1cccc(NC(=O)C(=O)NC[C@@H](c2ccc3c(c2)OCO3)N2CCOCC2)c1. The molecule has 2 heterocycles. The number of anilines is 1. The second-order valence-corrected chi connectivity index (χ2v) is 7.31. The molecular weight excluding hydrogens is 386 g/mol. The number of amides is 2. The highest BCUT2D eigenvalue weighted by atomic mass is 16.7. The topological polar surface area (TPSA) is 89.1 Å². The molecule has 0 saturated carbocycles. The van der Waals surface area contributed by atoms with E-state index in [1.54, 1.807) is 6.07 Å². The summed E-state index contributed by atoms with van der Waals surface area (Å²) in [6.45, 7) is 5.16. The van der Waals surface area contributed by atoms with Gasteiger partial charge in [-0.3, -0.25) is 14.5 Å². The third kappa shape index (κ3) is 4.72. The first-order chi connectivity index (χ1) is 14.6. The number of carbonyl (C=O) groups is 2. The second kappa shape index (κ2) is 9.15. The number of morpholine rings is 1. The Morgan fingerprint density at radius 2 is 1.83 bits per heavy atom. The highest BCUT2D eigenvalue weighted by Crippen LogP contribution is 2.35. The first-order valence-corrected chi connectivity index (χ1v) is 9.97. The van der Waals surface area contributed by atoms with Crippen molar-refractivity contribution in [1.29, 1.82) is 0 Å². The van der Waals surface area contributed by atoms with Gasteiger partial charge >= 0.3 is 11.8 Å². The molecule has 2 aliphatic heterocycles. The van der Waals surface area contributed by atoms with Crippen molar-refractivity contribution >= 4 is 17.5 Å². The lowest BCUT2D eigenvalue weighted by molar-refractivity contribution is -0.136. The van der Waals surface area contributed by atoms with Crippen molar-refractivity contribution in [3.05, 3.63) is 53.6 Å². The van der Waals surface area contributed by atoms with Crippen LogP contribution in [0.2, 0.25) is 0 Å². The summed E-state index contributed by atoms with van der Waals surface area (Å²) in [5.41, 5.74) is 2.58. The number of nitrogens with one attached hydrogen (secondary N) is 2. The molecule has 0 aliphatic carbocycles. The minimum Gasteiger partial charge on any atom is -0.454 e. The summed E-state index contributed by atoms with van der Waals surface area (Å²) < 4.78 is 16.4. The van der Waals surface area contributed by atoms with Gasteiger partial charge in [-0.2, -0.15) is 0 Å². The molecule has 2 N–H and O–H groups in total. The maximum Gasteiger partial charge on any atom is 0.313 e. The number of benzene rings is 2. The number of nitrogens with zero attached hydrogens (tertiary/aromatic N) is 1. The fourth-order valence-corrected chi connectivity index (χ4v) is 3.65. The van der Waals surface area contributed by atoms with Crippen LogP contribution in [0.15, 0.2) is 42.5 Å². The van der Waals surface area contributed by atoms with Crippen LogP contribution < -0.4 is 20.1 Å². The Morgan fingerprint density at radius 1 is 1.03 bits per heavy atom. The quantitative estimate of drug-likeness (QED) is 0.730. The largest absolute Gasteiger partial charge is 0.454 e. The van der Waals surface area contributed by atoms with Gasteiger partial charge in [-0.05, 0) is 42.3 Å². The number of hydrogen-bond donors (Lipinski definition) is 2. The third-order valence-electron chi connectivity index (χ3n) is 5.21. The van der Waals surface area contributed by atoms with Crippen molar-refractivity contribution in [3.8, 4) is 11.5 Å². The van der Waals surface area contributed by atoms with Gasteiger partial charge in [0.1, 0.15) is 0 Å². The van der Waals surface area contributed by atoms with E-state index in [1.807, 2.05) is 43.3 Å². The standard InChI is InChI=1S/C22H25N3O5/c1-15-3-2-4-17(11-15)24-22(27)21(26)23-13-18(25-7-9-28-10-8-25)16-5-6-19-20(12-16)30-14-29-19/h2-6,11-12,18H,7-10,13-14H2,1H3,(H,23,26)(H,24,27)/t18-/m0/s1. The fraction of sp³-hybridized carbons (Fsp3) is 0.364. The molecule has 1 atom stereocenters. The zero-order valence-corrected chi connectivity index (χ0v) is 16.8. The van der Waals surface area contributed by atoms with E-state index < -0.39 is 11.8 Å². The minimum absolute atomic E-state index is 0.112. The second-order valence-electron chi connectivity index (χ2n) is 7.31. The molecule has 0 bridgehead atoms. The van der Waals surface area contributed by atoms with Gasteiger partial charge in [0, 0.05) is 25.3 Å². The molecule has 0 unspecified atom stereocenters. The predicted octanol–water partition coefficient (Wildman–Crippen LogP) is 1.85. The highest BCUT2D eigenvalue weighted by molar-refractivity contribution is 6.39. The number of fused-ring (bicyclic) bond motifs is 1. The Labute approximate surface area is 175 Å². The third-order valence-corrected chi connectivity index (χ3v) is 5.21. The zero-order valence-electron chi connectivity index (χ0n) is 16.8. The van der Waals surface area contributed by atoms with E-state index >= 15 is 0 Å². The average Bonchev–Trinajstić information content (AvgIpc) is 3.22. The highest BCUT2D eigenvalue weighted by Gasteiger charge is 2.26. The molecule has 1 fully saturated rings. The van der Waals surface area contributed by atoms with E-state index in [9.17, 15) is 9.59 Å². The van der Waals surface area contributed by atoms with Crippen LogP contribution in [0.25, 0.3) is 0 Å². The maximum absolute atomic E-state index is 12.4. The first kappa shape index (κ1) is 20.2. The molecule has 8 nitrogen and oxygen atoms in total. The molecule has 30 heavy (non-hydrogen) atoms. The zero-order chi connectivity index (χ0) is 20.9. The van der Waals surface area contributed by atoms with Crippen molar-refractivity contribution in [2.45, 2.75) is 13.0 Å². The summed E-state index contributed by atoms with van der Waals surface area (Å²) in [4.78, 5) is 27.0. The lowest BCUT2D eigenvalue weighted by Crippen LogP contribution is -2.45. The molecule has 0 spiro atoms. The van der Waals surface area contributed by atoms with Crippen LogP contribution >= 0.6 is 0 Å². The van der Waals surface area contributed by atoms with Gasteiger partial charge in [-0.25, -0.2) is 0 Å². The summed E-state index contributed by atoms with van der Waals surface area (Å²) in [5, 5.41) is 5.41. The number of carbonyl (C=O) groups excluding carboxylic acids is 2. The summed E-state index contributed by atoms with van der Waals surface area (Å²) in [5.74, 6) is 0.0397. The van der Waals surface area contributed by atoms with Crippen LogP contribution in [0, 0.1) is 6.92 Å². The predicted molar refractivity (Wildman–Crippen MR) is 111 cm³/mol. The molecular formula is C22H25N3O5. The molecule has 2 aromatic rings. The lowest BCUT2D eigenvalue weighted by atomic mass is 10.0. The number of rotatable bonds is 5. The van der Waals surface area contributed by atoms with Crippen molar-refractivity contribution in [2.75, 3.05) is 45.0 Å². The first-order valence-electron chi connectivity index (χ1n) is 9.97. The van der Waals surface area contributed by atoms with Crippen molar-refractivity contribution < 1.29 is 23.8 Å². The van der Waals surface area contributed by atoms with Gasteiger partial charge in [0.2, 0.25) is 6.79 Å². The van der Waals surface area contributed by atoms with Gasteiger partial charge in [-0.15, -0.1) is 0 Å². The van der Waals surface area contributed by atoms with Gasteiger partial charge < -0.3 is 24.8 Å². The maximum atomic E-state index is 12.4. The van der Waals surface area contributed by atoms with Crippen LogP contribution in [0.5, 0.6) is 11.5 Å².